The van der Waals surface area contributed by atoms with E-state index in [1.807, 2.05) is 13.8 Å². The van der Waals surface area contributed by atoms with Crippen LogP contribution in [-0.2, 0) is 16.4 Å². The van der Waals surface area contributed by atoms with Gasteiger partial charge in [0, 0.05) is 17.8 Å². The molecule has 15 heavy (non-hydrogen) atoms. The number of rotatable bonds is 5. The number of aromatic amines is 1. The van der Waals surface area contributed by atoms with Crippen LogP contribution in [0, 0.1) is 0 Å². The molecule has 0 saturated heterocycles. The number of imidazole rings is 1. The van der Waals surface area contributed by atoms with Gasteiger partial charge in [-0.2, -0.15) is 0 Å². The molecular formula is C8H14BrN3O2S. The Bertz CT molecular complexity index is 413. The quantitative estimate of drug-likeness (QED) is 0.797. The topological polar surface area (TPSA) is 74.8 Å². The molecule has 0 aliphatic rings. The molecule has 7 heteroatoms. The van der Waals surface area contributed by atoms with E-state index in [2.05, 4.69) is 30.6 Å². The first-order chi connectivity index (χ1) is 6.95. The van der Waals surface area contributed by atoms with Gasteiger partial charge in [0.25, 0.3) is 10.0 Å². The molecule has 1 aromatic heterocycles. The van der Waals surface area contributed by atoms with Crippen LogP contribution >= 0.6 is 15.9 Å². The fraction of sp³-hybridized carbons (Fsp3) is 0.625. The molecule has 0 saturated carbocycles. The van der Waals surface area contributed by atoms with Crippen molar-refractivity contribution >= 4 is 26.0 Å². The fourth-order valence-electron chi connectivity index (χ4n) is 0.962. The third-order valence-electron chi connectivity index (χ3n) is 1.78. The minimum absolute atomic E-state index is 0.0980. The van der Waals surface area contributed by atoms with Gasteiger partial charge in [0.05, 0.1) is 6.20 Å². The molecule has 0 amide bonds. The van der Waals surface area contributed by atoms with E-state index in [-0.39, 0.29) is 9.85 Å². The number of nitrogens with zero attached hydrogens (tertiary/aromatic N) is 1. The van der Waals surface area contributed by atoms with Crippen molar-refractivity contribution in [3.63, 3.8) is 0 Å². The first-order valence-electron chi connectivity index (χ1n) is 4.63. The maximum Gasteiger partial charge on any atom is 0.257 e. The minimum Gasteiger partial charge on any atom is -0.332 e. The largest absolute Gasteiger partial charge is 0.332 e. The van der Waals surface area contributed by atoms with E-state index in [4.69, 9.17) is 0 Å². The molecule has 0 spiro atoms. The van der Waals surface area contributed by atoms with Crippen LogP contribution in [0.2, 0.25) is 0 Å². The molecule has 5 nitrogen and oxygen atoms in total. The Morgan fingerprint density at radius 2 is 2.33 bits per heavy atom. The van der Waals surface area contributed by atoms with E-state index in [0.29, 0.717) is 18.8 Å². The minimum atomic E-state index is -3.44. The highest BCUT2D eigenvalue weighted by Gasteiger charge is 2.16. The zero-order chi connectivity index (χ0) is 11.5. The van der Waals surface area contributed by atoms with Crippen LogP contribution in [0.1, 0.15) is 19.7 Å². The van der Waals surface area contributed by atoms with Crippen molar-refractivity contribution in [2.24, 2.45) is 0 Å². The second kappa shape index (κ2) is 5.09. The highest BCUT2D eigenvalue weighted by Crippen LogP contribution is 2.06. The summed E-state index contributed by atoms with van der Waals surface area (Å²) < 4.78 is 25.8. The molecule has 1 rings (SSSR count). The average molecular weight is 296 g/mol. The average Bonchev–Trinajstić information content (AvgIpc) is 2.63. The molecule has 86 valence electrons. The lowest BCUT2D eigenvalue weighted by Crippen LogP contribution is -2.28. The maximum atomic E-state index is 11.7. The summed E-state index contributed by atoms with van der Waals surface area (Å²) in [6.45, 7) is 4.12. The monoisotopic (exact) mass is 295 g/mol. The number of sulfonamides is 1. The van der Waals surface area contributed by atoms with Gasteiger partial charge in [-0.25, -0.2) is 18.1 Å². The van der Waals surface area contributed by atoms with Crippen molar-refractivity contribution in [2.75, 3.05) is 6.54 Å². The lowest BCUT2D eigenvalue weighted by atomic mass is 10.5. The number of nitrogens with one attached hydrogen (secondary N) is 2. The molecule has 0 aromatic carbocycles. The second-order valence-corrected chi connectivity index (χ2v) is 6.48. The van der Waals surface area contributed by atoms with Crippen molar-refractivity contribution in [1.82, 2.24) is 14.7 Å². The third kappa shape index (κ3) is 3.58. The summed E-state index contributed by atoms with van der Waals surface area (Å²) in [4.78, 5) is 6.79. The highest BCUT2D eigenvalue weighted by atomic mass is 79.9. The second-order valence-electron chi connectivity index (χ2n) is 3.18. The van der Waals surface area contributed by atoms with E-state index >= 15 is 0 Å². The Morgan fingerprint density at radius 1 is 1.67 bits per heavy atom. The van der Waals surface area contributed by atoms with Gasteiger partial charge in [-0.3, -0.25) is 0 Å². The molecule has 0 fully saturated rings. The summed E-state index contributed by atoms with van der Waals surface area (Å²) in [6, 6.07) is 0. The van der Waals surface area contributed by atoms with Gasteiger partial charge in [-0.1, -0.05) is 29.8 Å². The van der Waals surface area contributed by atoms with Crippen LogP contribution in [-0.4, -0.2) is 29.8 Å². The Balaban J connectivity index is 2.77. The summed E-state index contributed by atoms with van der Waals surface area (Å²) in [5.41, 5.74) is 0. The number of hydrogen-bond acceptors (Lipinski definition) is 3. The molecule has 2 N–H and O–H groups in total. The van der Waals surface area contributed by atoms with Crippen LogP contribution in [0.25, 0.3) is 0 Å². The van der Waals surface area contributed by atoms with Gasteiger partial charge >= 0.3 is 0 Å². The first-order valence-corrected chi connectivity index (χ1v) is 7.03. The summed E-state index contributed by atoms with van der Waals surface area (Å²) in [6.07, 6.45) is 2.02. The molecule has 0 radical (unpaired) electrons. The van der Waals surface area contributed by atoms with Crippen LogP contribution < -0.4 is 4.72 Å². The zero-order valence-corrected chi connectivity index (χ0v) is 11.0. The predicted octanol–water partition coefficient (Wildman–Crippen LogP) is 1.03. The van der Waals surface area contributed by atoms with E-state index < -0.39 is 10.0 Å². The van der Waals surface area contributed by atoms with E-state index in [1.165, 1.54) is 6.20 Å². The van der Waals surface area contributed by atoms with Gasteiger partial charge in [0.1, 0.15) is 5.82 Å². The van der Waals surface area contributed by atoms with Crippen LogP contribution in [0.3, 0.4) is 0 Å². The van der Waals surface area contributed by atoms with Crippen LogP contribution in [0.15, 0.2) is 11.2 Å². The fourth-order valence-corrected chi connectivity index (χ4v) is 2.41. The lowest BCUT2D eigenvalue weighted by Gasteiger charge is -2.05. The molecule has 1 heterocycles. The highest BCUT2D eigenvalue weighted by molar-refractivity contribution is 9.09. The third-order valence-corrected chi connectivity index (χ3v) is 3.44. The summed E-state index contributed by atoms with van der Waals surface area (Å²) >= 11 is 3.27. The number of aryl methyl sites for hydroxylation is 1. The number of halogens is 1. The zero-order valence-electron chi connectivity index (χ0n) is 8.62. The van der Waals surface area contributed by atoms with Crippen LogP contribution in [0.5, 0.6) is 0 Å². The normalized spacial score (nSPS) is 14.1. The Hall–Kier alpha value is -0.400. The molecule has 1 unspecified atom stereocenters. The summed E-state index contributed by atoms with van der Waals surface area (Å²) in [5.74, 6) is 0.669. The van der Waals surface area contributed by atoms with Gasteiger partial charge in [-0.15, -0.1) is 0 Å². The Labute approximate surface area is 97.9 Å². The lowest BCUT2D eigenvalue weighted by molar-refractivity contribution is 0.578. The standard InChI is InChI=1S/C8H14BrN3O2S/c1-3-7-10-5-8(12-7)15(13,14)11-4-6(2)9/h5-6,11H,3-4H2,1-2H3,(H,10,12). The molecule has 0 aliphatic carbocycles. The van der Waals surface area contributed by atoms with Gasteiger partial charge < -0.3 is 4.98 Å². The van der Waals surface area contributed by atoms with Crippen molar-refractivity contribution in [3.8, 4) is 0 Å². The first kappa shape index (κ1) is 12.7. The predicted molar refractivity (Wildman–Crippen MR) is 61.5 cm³/mol. The Kier molecular flexibility index (Phi) is 4.30. The van der Waals surface area contributed by atoms with Crippen molar-refractivity contribution in [1.29, 1.82) is 0 Å². The van der Waals surface area contributed by atoms with E-state index in [0.717, 1.165) is 0 Å². The number of alkyl halides is 1. The molecular weight excluding hydrogens is 282 g/mol. The van der Waals surface area contributed by atoms with Crippen LogP contribution in [0.4, 0.5) is 0 Å². The molecule has 0 aliphatic heterocycles. The summed E-state index contributed by atoms with van der Waals surface area (Å²) in [5, 5.41) is 0.118. The van der Waals surface area contributed by atoms with E-state index in [9.17, 15) is 8.42 Å². The van der Waals surface area contributed by atoms with Crippen molar-refractivity contribution < 1.29 is 8.42 Å². The molecule has 1 atom stereocenters. The smallest absolute Gasteiger partial charge is 0.257 e. The number of hydrogen-bond donors (Lipinski definition) is 2. The van der Waals surface area contributed by atoms with Gasteiger partial charge in [-0.05, 0) is 0 Å². The van der Waals surface area contributed by atoms with Gasteiger partial charge in [0.15, 0.2) is 5.03 Å². The SMILES string of the molecule is CCc1ncc(S(=O)(=O)NCC(C)Br)[nH]1. The molecule has 1 aromatic rings. The summed E-state index contributed by atoms with van der Waals surface area (Å²) in [7, 11) is -3.44. The molecule has 0 bridgehead atoms. The van der Waals surface area contributed by atoms with Crippen molar-refractivity contribution in [3.05, 3.63) is 12.0 Å². The van der Waals surface area contributed by atoms with E-state index in [1.54, 1.807) is 0 Å². The van der Waals surface area contributed by atoms with Crippen molar-refractivity contribution in [2.45, 2.75) is 30.1 Å². The number of H-pyrrole nitrogens is 1. The number of aromatic nitrogens is 2. The Morgan fingerprint density at radius 3 is 2.80 bits per heavy atom. The van der Waals surface area contributed by atoms with Gasteiger partial charge in [0.2, 0.25) is 0 Å². The maximum absolute atomic E-state index is 11.7.